The third-order valence-corrected chi connectivity index (χ3v) is 12.1. The maximum atomic E-state index is 13.8. The summed E-state index contributed by atoms with van der Waals surface area (Å²) in [6.07, 6.45) is 2.31. The number of nitrogens with zero attached hydrogens (tertiary/aromatic N) is 2. The second-order valence-corrected chi connectivity index (χ2v) is 17.1. The Morgan fingerprint density at radius 3 is 2.60 bits per heavy atom. The van der Waals surface area contributed by atoms with Gasteiger partial charge in [0.1, 0.15) is 5.69 Å². The molecule has 5 aromatic rings. The van der Waals surface area contributed by atoms with Gasteiger partial charge in [0.15, 0.2) is 16.9 Å². The Morgan fingerprint density at radius 1 is 1.04 bits per heavy atom. The van der Waals surface area contributed by atoms with Crippen LogP contribution in [-0.4, -0.2) is 65.3 Å². The number of carbonyl (C=O) groups excluding carboxylic acids is 3. The zero-order valence-electron chi connectivity index (χ0n) is 28.0. The van der Waals surface area contributed by atoms with Crippen LogP contribution in [0.1, 0.15) is 44.8 Å². The number of nitrogens with one attached hydrogen (secondary N) is 3. The molecule has 0 aliphatic carbocycles. The van der Waals surface area contributed by atoms with Crippen LogP contribution in [0.5, 0.6) is 11.5 Å². The van der Waals surface area contributed by atoms with Crippen molar-refractivity contribution in [3.05, 3.63) is 98.2 Å². The maximum absolute atomic E-state index is 13.8. The second kappa shape index (κ2) is 14.4. The molecule has 2 aliphatic heterocycles. The van der Waals surface area contributed by atoms with E-state index < -0.39 is 27.4 Å². The fraction of sp³-hybridized carbons (Fsp3) is 0.250. The summed E-state index contributed by atoms with van der Waals surface area (Å²) in [5.74, 6) is -0.529. The van der Waals surface area contributed by atoms with Crippen molar-refractivity contribution < 1.29 is 36.8 Å². The number of benzene rings is 3. The number of aromatic nitrogens is 1. The molecule has 2 aromatic heterocycles. The highest BCUT2D eigenvalue weighted by atomic mass is 127. The van der Waals surface area contributed by atoms with Crippen molar-refractivity contribution in [2.75, 3.05) is 29.7 Å². The summed E-state index contributed by atoms with van der Waals surface area (Å²) in [6.45, 7) is 0.275. The lowest BCUT2D eigenvalue weighted by atomic mass is 9.93. The van der Waals surface area contributed by atoms with Crippen LogP contribution in [-0.2, 0) is 34.9 Å². The summed E-state index contributed by atoms with van der Waals surface area (Å²) < 4.78 is 51.0. The first-order chi connectivity index (χ1) is 24.9. The molecule has 16 heteroatoms. The molecule has 2 aliphatic rings. The van der Waals surface area contributed by atoms with E-state index in [-0.39, 0.29) is 60.6 Å². The smallest absolute Gasteiger partial charge is 0.288 e. The average molecular weight is 856 g/mol. The predicted molar refractivity (Wildman–Crippen MR) is 207 cm³/mol. The summed E-state index contributed by atoms with van der Waals surface area (Å²) in [7, 11) is -1.50. The minimum atomic E-state index is -4.65. The monoisotopic (exact) mass is 855 g/mol. The third-order valence-electron chi connectivity index (χ3n) is 9.12. The first-order valence-electron chi connectivity index (χ1n) is 16.3. The first-order valence-corrected chi connectivity index (χ1v) is 19.7. The molecule has 0 fully saturated rings. The van der Waals surface area contributed by atoms with Crippen LogP contribution < -0.4 is 25.4 Å². The van der Waals surface area contributed by atoms with E-state index in [0.717, 1.165) is 24.1 Å². The molecular formula is C36H34IN5O8S2. The summed E-state index contributed by atoms with van der Waals surface area (Å²) in [5, 5.41) is 8.20. The van der Waals surface area contributed by atoms with Crippen LogP contribution in [0.25, 0.3) is 10.1 Å². The van der Waals surface area contributed by atoms with Gasteiger partial charge in [-0.05, 0) is 88.3 Å². The van der Waals surface area contributed by atoms with E-state index >= 15 is 0 Å². The van der Waals surface area contributed by atoms with E-state index in [1.54, 1.807) is 35.2 Å². The summed E-state index contributed by atoms with van der Waals surface area (Å²) in [4.78, 5) is 41.2. The molecule has 1 unspecified atom stereocenters. The topological polar surface area (TPSA) is 168 Å². The Morgan fingerprint density at radius 2 is 1.83 bits per heavy atom. The number of ether oxygens (including phenoxy) is 2. The summed E-state index contributed by atoms with van der Waals surface area (Å²) in [6, 6.07) is 19.0. The van der Waals surface area contributed by atoms with Crippen molar-refractivity contribution in [1.29, 1.82) is 0 Å². The molecule has 0 spiro atoms. The van der Waals surface area contributed by atoms with Gasteiger partial charge in [-0.25, -0.2) is 0 Å². The molecule has 0 saturated heterocycles. The SMILES string of the molecule is COc1cc2c(cc1OCCCC(=O)Nc1cc(C(=O)Nc3ccc4sc(I)cc4c3)n(C)c1)NC(S(=O)(=O)O)[C@@H]1Cc3ccccc3CN1C2=O. The minimum Gasteiger partial charge on any atom is -0.493 e. The van der Waals surface area contributed by atoms with Gasteiger partial charge in [-0.3, -0.25) is 18.9 Å². The Hall–Kier alpha value is -4.65. The zero-order chi connectivity index (χ0) is 36.7. The van der Waals surface area contributed by atoms with Gasteiger partial charge < -0.3 is 34.9 Å². The standard InChI is InChI=1S/C36H34IN5O8S2/c1-41-19-24(15-27(41)34(44)39-23-9-10-31-22(12-23)14-32(37)51-31)38-33(43)8-5-11-50-30-17-26-25(16-29(30)49-2)36(45)42-18-21-7-4-3-6-20(21)13-28(42)35(40-26)52(46,47)48/h3-4,6-7,9-10,12,14-17,19,28,35,40H,5,8,11,13,18H2,1-2H3,(H,38,43)(H,39,44)(H,46,47,48)/t28-,35?/m0/s1. The number of amides is 3. The number of rotatable bonds is 10. The van der Waals surface area contributed by atoms with Crippen LogP contribution in [0.15, 0.2) is 72.9 Å². The van der Waals surface area contributed by atoms with Crippen LogP contribution in [0.2, 0.25) is 0 Å². The Bertz CT molecular complexity index is 2340. The molecular weight excluding hydrogens is 821 g/mol. The number of fused-ring (bicyclic) bond motifs is 4. The highest BCUT2D eigenvalue weighted by molar-refractivity contribution is 14.1. The Kier molecular flexibility index (Phi) is 9.90. The molecule has 3 amide bonds. The number of thiophene rings is 1. The van der Waals surface area contributed by atoms with Crippen molar-refractivity contribution in [2.24, 2.45) is 7.05 Å². The van der Waals surface area contributed by atoms with Crippen LogP contribution >= 0.6 is 33.9 Å². The fourth-order valence-electron chi connectivity index (χ4n) is 6.63. The molecule has 7 rings (SSSR count). The van der Waals surface area contributed by atoms with Crippen molar-refractivity contribution in [1.82, 2.24) is 9.47 Å². The molecule has 270 valence electrons. The lowest BCUT2D eigenvalue weighted by Crippen LogP contribution is -2.53. The fourth-order valence-corrected chi connectivity index (χ4v) is 9.36. The van der Waals surface area contributed by atoms with E-state index in [0.29, 0.717) is 23.5 Å². The van der Waals surface area contributed by atoms with E-state index in [2.05, 4.69) is 44.6 Å². The van der Waals surface area contributed by atoms with Gasteiger partial charge in [0.25, 0.3) is 21.9 Å². The summed E-state index contributed by atoms with van der Waals surface area (Å²) in [5.41, 5.74) is 3.66. The largest absolute Gasteiger partial charge is 0.493 e. The lowest BCUT2D eigenvalue weighted by Gasteiger charge is -2.38. The van der Waals surface area contributed by atoms with Crippen molar-refractivity contribution in [3.8, 4) is 11.5 Å². The van der Waals surface area contributed by atoms with Crippen LogP contribution in [0.4, 0.5) is 17.1 Å². The highest BCUT2D eigenvalue weighted by Crippen LogP contribution is 2.40. The molecule has 0 bridgehead atoms. The quantitative estimate of drug-likeness (QED) is 0.0737. The number of carbonyl (C=O) groups is 3. The first kappa shape index (κ1) is 35.7. The van der Waals surface area contributed by atoms with Crippen LogP contribution in [0, 0.1) is 2.88 Å². The van der Waals surface area contributed by atoms with E-state index in [9.17, 15) is 27.4 Å². The molecule has 4 N–H and O–H groups in total. The average Bonchev–Trinajstić information content (AvgIpc) is 3.64. The number of hydrogen-bond acceptors (Lipinski definition) is 9. The minimum absolute atomic E-state index is 0.0955. The van der Waals surface area contributed by atoms with Gasteiger partial charge in [-0.1, -0.05) is 24.3 Å². The highest BCUT2D eigenvalue weighted by Gasteiger charge is 2.44. The molecule has 4 heterocycles. The Labute approximate surface area is 317 Å². The van der Waals surface area contributed by atoms with Gasteiger partial charge in [0.2, 0.25) is 5.91 Å². The van der Waals surface area contributed by atoms with E-state index in [4.69, 9.17) is 9.47 Å². The Balaban J connectivity index is 0.983. The number of anilines is 3. The zero-order valence-corrected chi connectivity index (χ0v) is 31.8. The van der Waals surface area contributed by atoms with Crippen LogP contribution in [0.3, 0.4) is 0 Å². The number of halogens is 1. The number of aryl methyl sites for hydroxylation is 1. The molecule has 52 heavy (non-hydrogen) atoms. The second-order valence-electron chi connectivity index (χ2n) is 12.6. The number of methoxy groups -OCH3 is 1. The third kappa shape index (κ3) is 7.33. The molecule has 2 atom stereocenters. The van der Waals surface area contributed by atoms with E-state index in [1.807, 2.05) is 42.5 Å². The van der Waals surface area contributed by atoms with Crippen molar-refractivity contribution in [3.63, 3.8) is 0 Å². The summed E-state index contributed by atoms with van der Waals surface area (Å²) >= 11 is 3.95. The number of hydrogen-bond donors (Lipinski definition) is 4. The van der Waals surface area contributed by atoms with Gasteiger partial charge in [-0.2, -0.15) is 8.42 Å². The molecule has 13 nitrogen and oxygen atoms in total. The van der Waals surface area contributed by atoms with E-state index in [1.165, 1.54) is 24.1 Å². The molecule has 3 aromatic carbocycles. The lowest BCUT2D eigenvalue weighted by molar-refractivity contribution is -0.116. The van der Waals surface area contributed by atoms with Gasteiger partial charge in [0.05, 0.1) is 39.6 Å². The normalized spacial score (nSPS) is 16.6. The van der Waals surface area contributed by atoms with Gasteiger partial charge in [-0.15, -0.1) is 11.3 Å². The maximum Gasteiger partial charge on any atom is 0.288 e. The van der Waals surface area contributed by atoms with Crippen molar-refractivity contribution in [2.45, 2.75) is 37.2 Å². The van der Waals surface area contributed by atoms with Gasteiger partial charge >= 0.3 is 0 Å². The predicted octanol–water partition coefficient (Wildman–Crippen LogP) is 6.11. The molecule has 0 radical (unpaired) electrons. The molecule has 0 saturated carbocycles. The van der Waals surface area contributed by atoms with Crippen molar-refractivity contribution >= 4 is 88.9 Å². The van der Waals surface area contributed by atoms with Gasteiger partial charge in [0, 0.05) is 42.7 Å².